The zero-order valence-electron chi connectivity index (χ0n) is 10.5. The first-order valence-corrected chi connectivity index (χ1v) is 5.69. The number of hydrogen-bond acceptors (Lipinski definition) is 2. The molecule has 1 N–H and O–H groups in total. The van der Waals surface area contributed by atoms with E-state index < -0.39 is 0 Å². The lowest BCUT2D eigenvalue weighted by Gasteiger charge is -2.17. The molecule has 0 amide bonds. The maximum absolute atomic E-state index is 4.47. The molecule has 84 valence electrons. The second-order valence-electron chi connectivity index (χ2n) is 4.85. The summed E-state index contributed by atoms with van der Waals surface area (Å²) in [4.78, 5) is 4.47. The number of pyridine rings is 1. The summed E-state index contributed by atoms with van der Waals surface area (Å²) in [5.41, 5.74) is 2.34. The second-order valence-corrected chi connectivity index (χ2v) is 4.85. The minimum absolute atomic E-state index is 0.485. The van der Waals surface area contributed by atoms with Crippen molar-refractivity contribution in [1.29, 1.82) is 0 Å². The van der Waals surface area contributed by atoms with E-state index in [2.05, 4.69) is 50.1 Å². The van der Waals surface area contributed by atoms with Gasteiger partial charge in [-0.1, -0.05) is 13.8 Å². The lowest BCUT2D eigenvalue weighted by molar-refractivity contribution is 0.539. The molecule has 0 aliphatic rings. The Kier molecular flexibility index (Phi) is 4.13. The van der Waals surface area contributed by atoms with Gasteiger partial charge in [-0.15, -0.1) is 0 Å². The van der Waals surface area contributed by atoms with Crippen LogP contribution < -0.4 is 5.32 Å². The van der Waals surface area contributed by atoms with Crippen LogP contribution in [0, 0.1) is 19.8 Å². The number of nitrogens with one attached hydrogen (secondary N) is 1. The van der Waals surface area contributed by atoms with E-state index in [1.165, 1.54) is 12.0 Å². The van der Waals surface area contributed by atoms with Crippen molar-refractivity contribution in [2.45, 2.75) is 47.1 Å². The van der Waals surface area contributed by atoms with E-state index in [9.17, 15) is 0 Å². The summed E-state index contributed by atoms with van der Waals surface area (Å²) in [5, 5.41) is 3.44. The second kappa shape index (κ2) is 5.15. The smallest absolute Gasteiger partial charge is 0.126 e. The molecule has 0 aliphatic heterocycles. The van der Waals surface area contributed by atoms with Gasteiger partial charge in [-0.05, 0) is 50.8 Å². The summed E-state index contributed by atoms with van der Waals surface area (Å²) in [5.74, 6) is 1.72. The normalized spacial score (nSPS) is 12.9. The van der Waals surface area contributed by atoms with Crippen LogP contribution in [0.4, 0.5) is 5.82 Å². The fourth-order valence-corrected chi connectivity index (χ4v) is 1.93. The number of aromatic nitrogens is 1. The summed E-state index contributed by atoms with van der Waals surface area (Å²) in [6, 6.07) is 4.68. The first-order valence-electron chi connectivity index (χ1n) is 5.69. The number of anilines is 1. The highest BCUT2D eigenvalue weighted by atomic mass is 15.0. The molecule has 1 unspecified atom stereocenters. The zero-order valence-corrected chi connectivity index (χ0v) is 10.5. The van der Waals surface area contributed by atoms with Gasteiger partial charge >= 0.3 is 0 Å². The standard InChI is InChI=1S/C13H22N2/c1-9(2)6-11(4)14-13-8-10(3)7-12(5)15-13/h7-9,11H,6H2,1-5H3,(H,14,15). The molecule has 0 aliphatic carbocycles. The number of rotatable bonds is 4. The molecular formula is C13H22N2. The van der Waals surface area contributed by atoms with Crippen LogP contribution in [0.5, 0.6) is 0 Å². The van der Waals surface area contributed by atoms with Crippen molar-refractivity contribution in [3.05, 3.63) is 23.4 Å². The van der Waals surface area contributed by atoms with Gasteiger partial charge in [0.05, 0.1) is 0 Å². The van der Waals surface area contributed by atoms with Gasteiger partial charge < -0.3 is 5.32 Å². The van der Waals surface area contributed by atoms with E-state index in [1.807, 2.05) is 6.92 Å². The monoisotopic (exact) mass is 206 g/mol. The van der Waals surface area contributed by atoms with E-state index in [4.69, 9.17) is 0 Å². The lowest BCUT2D eigenvalue weighted by atomic mass is 10.1. The van der Waals surface area contributed by atoms with Crippen molar-refractivity contribution in [3.8, 4) is 0 Å². The molecule has 2 heteroatoms. The molecular weight excluding hydrogens is 184 g/mol. The van der Waals surface area contributed by atoms with E-state index in [0.29, 0.717) is 6.04 Å². The molecule has 1 aromatic heterocycles. The van der Waals surface area contributed by atoms with Gasteiger partial charge in [0.2, 0.25) is 0 Å². The summed E-state index contributed by atoms with van der Waals surface area (Å²) < 4.78 is 0. The highest BCUT2D eigenvalue weighted by Gasteiger charge is 2.05. The van der Waals surface area contributed by atoms with Crippen molar-refractivity contribution in [1.82, 2.24) is 4.98 Å². The van der Waals surface area contributed by atoms with Crippen molar-refractivity contribution >= 4 is 5.82 Å². The highest BCUT2D eigenvalue weighted by molar-refractivity contribution is 5.39. The van der Waals surface area contributed by atoms with Crippen molar-refractivity contribution in [3.63, 3.8) is 0 Å². The van der Waals surface area contributed by atoms with E-state index in [-0.39, 0.29) is 0 Å². The fraction of sp³-hybridized carbons (Fsp3) is 0.615. The van der Waals surface area contributed by atoms with Crippen LogP contribution >= 0.6 is 0 Å². The first-order chi connectivity index (χ1) is 6.97. The molecule has 0 saturated carbocycles. The van der Waals surface area contributed by atoms with E-state index >= 15 is 0 Å². The molecule has 0 aromatic carbocycles. The fourth-order valence-electron chi connectivity index (χ4n) is 1.93. The lowest BCUT2D eigenvalue weighted by Crippen LogP contribution is -2.18. The first kappa shape index (κ1) is 12.0. The molecule has 1 heterocycles. The van der Waals surface area contributed by atoms with Crippen LogP contribution in [0.15, 0.2) is 12.1 Å². The Morgan fingerprint density at radius 3 is 2.40 bits per heavy atom. The SMILES string of the molecule is Cc1cc(C)nc(NC(C)CC(C)C)c1. The third kappa shape index (κ3) is 4.32. The maximum Gasteiger partial charge on any atom is 0.126 e. The molecule has 1 atom stereocenters. The number of nitrogens with zero attached hydrogens (tertiary/aromatic N) is 1. The average molecular weight is 206 g/mol. The van der Waals surface area contributed by atoms with Gasteiger partial charge in [-0.2, -0.15) is 0 Å². The summed E-state index contributed by atoms with van der Waals surface area (Å²) >= 11 is 0. The van der Waals surface area contributed by atoms with Crippen molar-refractivity contribution in [2.24, 2.45) is 5.92 Å². The van der Waals surface area contributed by atoms with E-state index in [1.54, 1.807) is 0 Å². The van der Waals surface area contributed by atoms with Gasteiger partial charge in [0.25, 0.3) is 0 Å². The van der Waals surface area contributed by atoms with Crippen LogP contribution in [0.2, 0.25) is 0 Å². The Labute approximate surface area is 93.1 Å². The number of aryl methyl sites for hydroxylation is 2. The molecule has 1 aromatic rings. The predicted molar refractivity (Wildman–Crippen MR) is 66.3 cm³/mol. The summed E-state index contributed by atoms with van der Waals surface area (Å²) in [7, 11) is 0. The summed E-state index contributed by atoms with van der Waals surface area (Å²) in [6.45, 7) is 10.8. The van der Waals surface area contributed by atoms with Gasteiger partial charge in [-0.3, -0.25) is 0 Å². The molecule has 0 saturated heterocycles. The molecule has 15 heavy (non-hydrogen) atoms. The minimum atomic E-state index is 0.485. The Balaban J connectivity index is 2.63. The van der Waals surface area contributed by atoms with Gasteiger partial charge in [-0.25, -0.2) is 4.98 Å². The molecule has 1 rings (SSSR count). The highest BCUT2D eigenvalue weighted by Crippen LogP contribution is 2.13. The Bertz CT molecular complexity index is 298. The quantitative estimate of drug-likeness (QED) is 0.815. The Hall–Kier alpha value is -1.05. The average Bonchev–Trinajstić information content (AvgIpc) is 1.98. The number of hydrogen-bond donors (Lipinski definition) is 1. The Morgan fingerprint density at radius 2 is 1.87 bits per heavy atom. The van der Waals surface area contributed by atoms with Crippen LogP contribution in [0.3, 0.4) is 0 Å². The van der Waals surface area contributed by atoms with Gasteiger partial charge in [0.15, 0.2) is 0 Å². The van der Waals surface area contributed by atoms with Gasteiger partial charge in [0.1, 0.15) is 5.82 Å². The predicted octanol–water partition coefficient (Wildman–Crippen LogP) is 3.54. The third-order valence-electron chi connectivity index (χ3n) is 2.32. The largest absolute Gasteiger partial charge is 0.368 e. The van der Waals surface area contributed by atoms with E-state index in [0.717, 1.165) is 17.4 Å². The molecule has 2 nitrogen and oxygen atoms in total. The zero-order chi connectivity index (χ0) is 11.4. The van der Waals surface area contributed by atoms with Crippen LogP contribution in [-0.4, -0.2) is 11.0 Å². The topological polar surface area (TPSA) is 24.9 Å². The van der Waals surface area contributed by atoms with Crippen LogP contribution in [0.1, 0.15) is 38.4 Å². The molecule has 0 spiro atoms. The van der Waals surface area contributed by atoms with Crippen LogP contribution in [0.25, 0.3) is 0 Å². The van der Waals surface area contributed by atoms with Gasteiger partial charge in [0, 0.05) is 11.7 Å². The van der Waals surface area contributed by atoms with Crippen molar-refractivity contribution < 1.29 is 0 Å². The summed E-state index contributed by atoms with van der Waals surface area (Å²) in [6.07, 6.45) is 1.18. The minimum Gasteiger partial charge on any atom is -0.368 e. The Morgan fingerprint density at radius 1 is 1.20 bits per heavy atom. The van der Waals surface area contributed by atoms with Crippen LogP contribution in [-0.2, 0) is 0 Å². The molecule has 0 bridgehead atoms. The maximum atomic E-state index is 4.47. The third-order valence-corrected chi connectivity index (χ3v) is 2.32. The molecule has 0 fully saturated rings. The van der Waals surface area contributed by atoms with Crippen molar-refractivity contribution in [2.75, 3.05) is 5.32 Å². The molecule has 0 radical (unpaired) electrons.